The van der Waals surface area contributed by atoms with Gasteiger partial charge in [-0.15, -0.1) is 0 Å². The zero-order valence-corrected chi connectivity index (χ0v) is 16.2. The van der Waals surface area contributed by atoms with E-state index in [0.717, 1.165) is 25.7 Å². The van der Waals surface area contributed by atoms with Gasteiger partial charge in [0.2, 0.25) is 0 Å². The number of sulfone groups is 1. The fourth-order valence-electron chi connectivity index (χ4n) is 4.53. The average molecular weight is 395 g/mol. The largest absolute Gasteiger partial charge is 0.335 e. The standard InChI is InChI=1S/C17H25N5O4S/c1-21-8-5-14(20-21)22-9-4-13(15(22)23)19-16(24)18-12-2-6-17(7-3-12)10-27(25,26)11-17/h5,8,12-13H,2-4,6-7,9-11H2,1H3,(H2,18,19,24). The Labute approximate surface area is 158 Å². The molecule has 2 N–H and O–H groups in total. The second-order valence-electron chi connectivity index (χ2n) is 8.10. The molecule has 148 valence electrons. The van der Waals surface area contributed by atoms with Crippen LogP contribution in [0.1, 0.15) is 32.1 Å². The Bertz CT molecular complexity index is 842. The fourth-order valence-corrected chi connectivity index (χ4v) is 6.89. The van der Waals surface area contributed by atoms with E-state index in [0.29, 0.717) is 30.3 Å². The molecule has 0 aromatic carbocycles. The Hall–Kier alpha value is -2.10. The van der Waals surface area contributed by atoms with Crippen molar-refractivity contribution < 1.29 is 18.0 Å². The van der Waals surface area contributed by atoms with Crippen molar-refractivity contribution in [3.63, 3.8) is 0 Å². The molecule has 1 spiro atoms. The summed E-state index contributed by atoms with van der Waals surface area (Å²) in [5.41, 5.74) is -0.0574. The molecule has 1 atom stereocenters. The van der Waals surface area contributed by atoms with Gasteiger partial charge in [0.05, 0.1) is 11.5 Å². The highest BCUT2D eigenvalue weighted by molar-refractivity contribution is 7.92. The van der Waals surface area contributed by atoms with Gasteiger partial charge in [-0.1, -0.05) is 0 Å². The Morgan fingerprint density at radius 2 is 1.93 bits per heavy atom. The van der Waals surface area contributed by atoms with Gasteiger partial charge < -0.3 is 10.6 Å². The van der Waals surface area contributed by atoms with E-state index in [2.05, 4.69) is 15.7 Å². The van der Waals surface area contributed by atoms with Crippen molar-refractivity contribution in [2.24, 2.45) is 12.5 Å². The minimum Gasteiger partial charge on any atom is -0.335 e. The highest BCUT2D eigenvalue weighted by Crippen LogP contribution is 2.45. The number of carbonyl (C=O) groups is 2. The van der Waals surface area contributed by atoms with Crippen LogP contribution in [0.15, 0.2) is 12.3 Å². The molecule has 1 aromatic heterocycles. The van der Waals surface area contributed by atoms with Gasteiger partial charge in [-0.3, -0.25) is 14.4 Å². The predicted molar refractivity (Wildman–Crippen MR) is 99.0 cm³/mol. The van der Waals surface area contributed by atoms with Crippen LogP contribution in [0.4, 0.5) is 10.6 Å². The van der Waals surface area contributed by atoms with Crippen LogP contribution in [0.2, 0.25) is 0 Å². The highest BCUT2D eigenvalue weighted by Gasteiger charge is 2.49. The lowest BCUT2D eigenvalue weighted by atomic mass is 9.74. The van der Waals surface area contributed by atoms with Crippen molar-refractivity contribution in [2.45, 2.75) is 44.2 Å². The number of aromatic nitrogens is 2. The minimum atomic E-state index is -2.83. The van der Waals surface area contributed by atoms with Crippen LogP contribution in [0.5, 0.6) is 0 Å². The molecule has 2 saturated heterocycles. The second kappa shape index (κ2) is 6.50. The molecule has 1 saturated carbocycles. The van der Waals surface area contributed by atoms with E-state index in [9.17, 15) is 18.0 Å². The van der Waals surface area contributed by atoms with E-state index in [1.54, 1.807) is 28.9 Å². The number of nitrogens with zero attached hydrogens (tertiary/aromatic N) is 3. The third kappa shape index (κ3) is 3.67. The van der Waals surface area contributed by atoms with Crippen LogP contribution >= 0.6 is 0 Å². The van der Waals surface area contributed by atoms with Crippen LogP contribution in [0, 0.1) is 5.41 Å². The summed E-state index contributed by atoms with van der Waals surface area (Å²) < 4.78 is 24.5. The van der Waals surface area contributed by atoms with E-state index in [1.165, 1.54) is 0 Å². The number of hydrogen-bond donors (Lipinski definition) is 2. The van der Waals surface area contributed by atoms with Crippen molar-refractivity contribution >= 4 is 27.6 Å². The van der Waals surface area contributed by atoms with Crippen LogP contribution in [-0.4, -0.2) is 60.3 Å². The molecule has 3 aliphatic rings. The molecule has 9 nitrogen and oxygen atoms in total. The molecule has 0 radical (unpaired) electrons. The molecule has 3 heterocycles. The molecule has 3 fully saturated rings. The van der Waals surface area contributed by atoms with Crippen molar-refractivity contribution in [2.75, 3.05) is 23.0 Å². The van der Waals surface area contributed by atoms with E-state index in [-0.39, 0.29) is 23.4 Å². The monoisotopic (exact) mass is 395 g/mol. The number of urea groups is 1. The van der Waals surface area contributed by atoms with Crippen LogP contribution < -0.4 is 15.5 Å². The van der Waals surface area contributed by atoms with Crippen molar-refractivity contribution in [3.05, 3.63) is 12.3 Å². The summed E-state index contributed by atoms with van der Waals surface area (Å²) in [5, 5.41) is 9.95. The number of amides is 3. The van der Waals surface area contributed by atoms with Crippen molar-refractivity contribution in [3.8, 4) is 0 Å². The molecule has 0 bridgehead atoms. The van der Waals surface area contributed by atoms with Gasteiger partial charge in [0, 0.05) is 31.9 Å². The maximum atomic E-state index is 12.5. The first-order valence-corrected chi connectivity index (χ1v) is 11.2. The van der Waals surface area contributed by atoms with Crippen LogP contribution in [-0.2, 0) is 21.7 Å². The zero-order valence-electron chi connectivity index (χ0n) is 15.3. The lowest BCUT2D eigenvalue weighted by molar-refractivity contribution is -0.118. The summed E-state index contributed by atoms with van der Waals surface area (Å²) in [6.45, 7) is 0.529. The summed E-state index contributed by atoms with van der Waals surface area (Å²) in [4.78, 5) is 26.4. The fraction of sp³-hybridized carbons (Fsp3) is 0.706. The molecule has 2 aliphatic heterocycles. The summed E-state index contributed by atoms with van der Waals surface area (Å²) in [5.74, 6) is 1.03. The Balaban J connectivity index is 1.25. The zero-order chi connectivity index (χ0) is 19.2. The van der Waals surface area contributed by atoms with Gasteiger partial charge in [0.25, 0.3) is 5.91 Å². The predicted octanol–water partition coefficient (Wildman–Crippen LogP) is 0.182. The van der Waals surface area contributed by atoms with Crippen molar-refractivity contribution in [1.82, 2.24) is 20.4 Å². The topological polar surface area (TPSA) is 113 Å². The molecule has 10 heteroatoms. The van der Waals surface area contributed by atoms with E-state index >= 15 is 0 Å². The smallest absolute Gasteiger partial charge is 0.315 e. The highest BCUT2D eigenvalue weighted by atomic mass is 32.2. The average Bonchev–Trinajstić information content (AvgIpc) is 3.14. The summed E-state index contributed by atoms with van der Waals surface area (Å²) >= 11 is 0. The number of rotatable bonds is 3. The maximum Gasteiger partial charge on any atom is 0.315 e. The number of carbonyl (C=O) groups excluding carboxylic acids is 2. The first-order chi connectivity index (χ1) is 12.8. The summed E-state index contributed by atoms with van der Waals surface area (Å²) in [6, 6.07) is 0.929. The first kappa shape index (κ1) is 18.3. The number of anilines is 1. The first-order valence-electron chi connectivity index (χ1n) is 9.34. The van der Waals surface area contributed by atoms with Gasteiger partial charge in [0.1, 0.15) is 6.04 Å². The SMILES string of the molecule is Cn1ccc(N2CCC(NC(=O)NC3CCC4(CC3)CS(=O)(=O)C4)C2=O)n1. The molecule has 27 heavy (non-hydrogen) atoms. The third-order valence-corrected chi connectivity index (χ3v) is 8.02. The molecule has 1 aliphatic carbocycles. The summed E-state index contributed by atoms with van der Waals surface area (Å²) in [6.07, 6.45) is 5.54. The molecular weight excluding hydrogens is 370 g/mol. The molecule has 3 amide bonds. The van der Waals surface area contributed by atoms with Gasteiger partial charge in [0.15, 0.2) is 15.7 Å². The van der Waals surface area contributed by atoms with Crippen LogP contribution in [0.25, 0.3) is 0 Å². The van der Waals surface area contributed by atoms with Gasteiger partial charge in [-0.2, -0.15) is 5.10 Å². The lowest BCUT2D eigenvalue weighted by Gasteiger charge is -2.46. The number of hydrogen-bond acceptors (Lipinski definition) is 5. The van der Waals surface area contributed by atoms with E-state index in [1.807, 2.05) is 0 Å². The normalized spacial score (nSPS) is 26.8. The second-order valence-corrected chi connectivity index (χ2v) is 10.2. The molecule has 4 rings (SSSR count). The van der Waals surface area contributed by atoms with E-state index < -0.39 is 15.9 Å². The van der Waals surface area contributed by atoms with Crippen LogP contribution in [0.3, 0.4) is 0 Å². The van der Waals surface area contributed by atoms with E-state index in [4.69, 9.17) is 0 Å². The quantitative estimate of drug-likeness (QED) is 0.758. The Kier molecular flexibility index (Phi) is 4.40. The molecule has 1 unspecified atom stereocenters. The summed E-state index contributed by atoms with van der Waals surface area (Å²) in [7, 11) is -1.03. The van der Waals surface area contributed by atoms with Gasteiger partial charge in [-0.05, 0) is 37.5 Å². The minimum absolute atomic E-state index is 0.0299. The number of nitrogens with one attached hydrogen (secondary N) is 2. The van der Waals surface area contributed by atoms with Gasteiger partial charge in [-0.25, -0.2) is 13.2 Å². The molecule has 1 aromatic rings. The van der Waals surface area contributed by atoms with Gasteiger partial charge >= 0.3 is 6.03 Å². The lowest BCUT2D eigenvalue weighted by Crippen LogP contribution is -2.54. The third-order valence-electron chi connectivity index (χ3n) is 5.92. The molecular formula is C17H25N5O4S. The van der Waals surface area contributed by atoms with Crippen molar-refractivity contribution in [1.29, 1.82) is 0 Å². The number of aryl methyl sites for hydroxylation is 1. The Morgan fingerprint density at radius 3 is 2.52 bits per heavy atom. The Morgan fingerprint density at radius 1 is 1.22 bits per heavy atom. The maximum absolute atomic E-state index is 12.5.